The minimum atomic E-state index is -0.469. The van der Waals surface area contributed by atoms with E-state index in [2.05, 4.69) is 0 Å². The van der Waals surface area contributed by atoms with Crippen LogP contribution in [0.25, 0.3) is 0 Å². The van der Waals surface area contributed by atoms with E-state index in [4.69, 9.17) is 11.6 Å². The number of nitrogen functional groups attached to an aromatic ring is 2. The maximum absolute atomic E-state index is 11.3. The summed E-state index contributed by atoms with van der Waals surface area (Å²) in [6.45, 7) is 3.11. The molecule has 0 atom stereocenters. The Bertz CT molecular complexity index is 398. The first-order chi connectivity index (χ1) is 6.49. The summed E-state index contributed by atoms with van der Waals surface area (Å²) < 4.78 is 0. The highest BCUT2D eigenvalue weighted by molar-refractivity contribution is 7.18. The van der Waals surface area contributed by atoms with E-state index in [0.717, 1.165) is 11.3 Å². The third kappa shape index (κ3) is 1.61. The first-order valence-electron chi connectivity index (χ1n) is 3.89. The van der Waals surface area contributed by atoms with Gasteiger partial charge in [-0.3, -0.25) is 15.0 Å². The second kappa shape index (κ2) is 3.77. The Labute approximate surface area is 85.1 Å². The lowest BCUT2D eigenvalue weighted by molar-refractivity contribution is 0.0954. The Balaban J connectivity index is 3.31. The van der Waals surface area contributed by atoms with Crippen molar-refractivity contribution in [2.24, 2.45) is 5.84 Å². The van der Waals surface area contributed by atoms with Gasteiger partial charge in [0.1, 0.15) is 0 Å². The van der Waals surface area contributed by atoms with Crippen molar-refractivity contribution in [1.29, 1.82) is 0 Å². The van der Waals surface area contributed by atoms with Gasteiger partial charge in [0.05, 0.1) is 15.4 Å². The summed E-state index contributed by atoms with van der Waals surface area (Å²) in [7, 11) is 0. The van der Waals surface area contributed by atoms with E-state index in [1.54, 1.807) is 6.92 Å². The van der Waals surface area contributed by atoms with E-state index in [-0.39, 0.29) is 5.78 Å². The van der Waals surface area contributed by atoms with Crippen LogP contribution in [-0.2, 0) is 0 Å². The molecule has 14 heavy (non-hydrogen) atoms. The molecule has 1 heterocycles. The Morgan fingerprint density at radius 3 is 2.36 bits per heavy atom. The van der Waals surface area contributed by atoms with Crippen LogP contribution in [0.4, 0.5) is 5.00 Å². The zero-order valence-corrected chi connectivity index (χ0v) is 8.70. The molecule has 0 fully saturated rings. The molecule has 0 bridgehead atoms. The van der Waals surface area contributed by atoms with E-state index in [0.29, 0.717) is 21.0 Å². The smallest absolute Gasteiger partial charge is 0.268 e. The zero-order chi connectivity index (χ0) is 10.9. The molecule has 0 spiro atoms. The molecule has 0 aromatic carbocycles. The van der Waals surface area contributed by atoms with Crippen molar-refractivity contribution in [3.05, 3.63) is 16.0 Å². The zero-order valence-electron chi connectivity index (χ0n) is 7.88. The van der Waals surface area contributed by atoms with Crippen molar-refractivity contribution >= 4 is 28.0 Å². The quantitative estimate of drug-likeness (QED) is 0.287. The molecule has 1 aromatic rings. The van der Waals surface area contributed by atoms with Gasteiger partial charge in [0.25, 0.3) is 5.91 Å². The van der Waals surface area contributed by atoms with Crippen molar-refractivity contribution in [3.8, 4) is 0 Å². The monoisotopic (exact) mass is 213 g/mol. The first-order valence-corrected chi connectivity index (χ1v) is 4.71. The number of nitrogens with two attached hydrogens (primary N) is 2. The lowest BCUT2D eigenvalue weighted by Crippen LogP contribution is -2.30. The fourth-order valence-electron chi connectivity index (χ4n) is 1.23. The van der Waals surface area contributed by atoms with Crippen molar-refractivity contribution in [3.63, 3.8) is 0 Å². The van der Waals surface area contributed by atoms with E-state index in [1.165, 1.54) is 6.92 Å². The van der Waals surface area contributed by atoms with Crippen molar-refractivity contribution in [2.45, 2.75) is 13.8 Å². The van der Waals surface area contributed by atoms with Gasteiger partial charge < -0.3 is 5.73 Å². The standard InChI is InChI=1S/C8H11N3O2S/c1-3-5(8(13)11-10)7(9)14-6(3)4(2)12/h9-10H2,1-2H3,(H,11,13). The Morgan fingerprint density at radius 2 is 2.00 bits per heavy atom. The number of carbonyl (C=O) groups excluding carboxylic acids is 2. The summed E-state index contributed by atoms with van der Waals surface area (Å²) in [5.41, 5.74) is 8.48. The van der Waals surface area contributed by atoms with Crippen LogP contribution >= 0.6 is 11.3 Å². The molecule has 5 nitrogen and oxygen atoms in total. The molecule has 1 aromatic heterocycles. The highest BCUT2D eigenvalue weighted by Crippen LogP contribution is 2.30. The highest BCUT2D eigenvalue weighted by atomic mass is 32.1. The largest absolute Gasteiger partial charge is 0.390 e. The molecule has 6 heteroatoms. The van der Waals surface area contributed by atoms with Crippen LogP contribution in [0.5, 0.6) is 0 Å². The molecule has 0 unspecified atom stereocenters. The highest BCUT2D eigenvalue weighted by Gasteiger charge is 2.20. The first kappa shape index (κ1) is 10.7. The maximum Gasteiger partial charge on any atom is 0.268 e. The Hall–Kier alpha value is -1.40. The van der Waals surface area contributed by atoms with Gasteiger partial charge in [-0.05, 0) is 19.4 Å². The summed E-state index contributed by atoms with van der Waals surface area (Å²) >= 11 is 1.10. The second-order valence-corrected chi connectivity index (χ2v) is 3.88. The van der Waals surface area contributed by atoms with E-state index < -0.39 is 5.91 Å². The fraction of sp³-hybridized carbons (Fsp3) is 0.250. The second-order valence-electron chi connectivity index (χ2n) is 2.83. The van der Waals surface area contributed by atoms with Crippen LogP contribution in [0.15, 0.2) is 0 Å². The van der Waals surface area contributed by atoms with Gasteiger partial charge in [0.15, 0.2) is 5.78 Å². The molecule has 0 aliphatic carbocycles. The Morgan fingerprint density at radius 1 is 1.43 bits per heavy atom. The summed E-state index contributed by atoms with van der Waals surface area (Å²) in [4.78, 5) is 22.9. The van der Waals surface area contributed by atoms with Gasteiger partial charge >= 0.3 is 0 Å². The molecular formula is C8H11N3O2S. The number of hydrogen-bond donors (Lipinski definition) is 3. The molecule has 0 aliphatic heterocycles. The molecule has 0 saturated heterocycles. The minimum absolute atomic E-state index is 0.102. The number of hydrazine groups is 1. The topological polar surface area (TPSA) is 98.2 Å². The molecule has 0 saturated carbocycles. The van der Waals surface area contributed by atoms with Gasteiger partial charge in [-0.1, -0.05) is 0 Å². The van der Waals surface area contributed by atoms with Crippen LogP contribution in [0.1, 0.15) is 32.5 Å². The number of Topliss-reactive ketones (excluding diaryl/α,β-unsaturated/α-hetero) is 1. The number of anilines is 1. The van der Waals surface area contributed by atoms with E-state index in [1.807, 2.05) is 5.43 Å². The molecule has 0 aliphatic rings. The number of nitrogens with one attached hydrogen (secondary N) is 1. The van der Waals surface area contributed by atoms with Gasteiger partial charge in [0, 0.05) is 0 Å². The fourth-order valence-corrected chi connectivity index (χ4v) is 2.19. The summed E-state index contributed by atoms with van der Waals surface area (Å²) in [5.74, 6) is 4.42. The third-order valence-electron chi connectivity index (χ3n) is 1.85. The van der Waals surface area contributed by atoms with Gasteiger partial charge in [-0.2, -0.15) is 0 Å². The van der Waals surface area contributed by atoms with Gasteiger partial charge in [-0.15, -0.1) is 11.3 Å². The summed E-state index contributed by atoms with van der Waals surface area (Å²) in [5, 5.41) is 0.315. The van der Waals surface area contributed by atoms with Crippen LogP contribution in [0.2, 0.25) is 0 Å². The number of thiophene rings is 1. The lowest BCUT2D eigenvalue weighted by Gasteiger charge is -1.99. The van der Waals surface area contributed by atoms with Crippen LogP contribution < -0.4 is 17.0 Å². The predicted octanol–water partition coefficient (Wildman–Crippen LogP) is 0.445. The van der Waals surface area contributed by atoms with E-state index >= 15 is 0 Å². The van der Waals surface area contributed by atoms with Crippen LogP contribution in [0.3, 0.4) is 0 Å². The average Bonchev–Trinajstić information content (AvgIpc) is 2.41. The minimum Gasteiger partial charge on any atom is -0.390 e. The third-order valence-corrected chi connectivity index (χ3v) is 3.07. The maximum atomic E-state index is 11.3. The lowest BCUT2D eigenvalue weighted by atomic mass is 10.1. The van der Waals surface area contributed by atoms with Crippen molar-refractivity contribution < 1.29 is 9.59 Å². The number of carbonyl (C=O) groups is 2. The number of ketones is 1. The molecule has 0 radical (unpaired) electrons. The average molecular weight is 213 g/mol. The van der Waals surface area contributed by atoms with Gasteiger partial charge in [-0.25, -0.2) is 5.84 Å². The number of rotatable bonds is 2. The van der Waals surface area contributed by atoms with E-state index in [9.17, 15) is 9.59 Å². The van der Waals surface area contributed by atoms with Crippen molar-refractivity contribution in [1.82, 2.24) is 5.43 Å². The molecule has 76 valence electrons. The summed E-state index contributed by atoms with van der Waals surface area (Å²) in [6.07, 6.45) is 0. The summed E-state index contributed by atoms with van der Waals surface area (Å²) in [6, 6.07) is 0. The predicted molar refractivity (Wildman–Crippen MR) is 55.1 cm³/mol. The molecule has 1 rings (SSSR count). The molecule has 5 N–H and O–H groups in total. The number of amides is 1. The van der Waals surface area contributed by atoms with Crippen molar-refractivity contribution in [2.75, 3.05) is 5.73 Å². The number of hydrogen-bond acceptors (Lipinski definition) is 5. The molecule has 1 amide bonds. The normalized spacial score (nSPS) is 9.93. The van der Waals surface area contributed by atoms with Gasteiger partial charge in [0.2, 0.25) is 0 Å². The van der Waals surface area contributed by atoms with Crippen LogP contribution in [0, 0.1) is 6.92 Å². The SMILES string of the molecule is CC(=O)c1sc(N)c(C(=O)NN)c1C. The van der Waals surface area contributed by atoms with Crippen LogP contribution in [-0.4, -0.2) is 11.7 Å². The molecular weight excluding hydrogens is 202 g/mol. The Kier molecular flexibility index (Phi) is 2.87.